The normalized spacial score (nSPS) is 16.6. The Morgan fingerprint density at radius 2 is 2.18 bits per heavy atom. The van der Waals surface area contributed by atoms with E-state index in [1.807, 2.05) is 5.48 Å². The van der Waals surface area contributed by atoms with Gasteiger partial charge < -0.3 is 14.9 Å². The van der Waals surface area contributed by atoms with E-state index < -0.39 is 18.6 Å². The first-order chi connectivity index (χ1) is 8.00. The van der Waals surface area contributed by atoms with Gasteiger partial charge in [0.05, 0.1) is 0 Å². The minimum Gasteiger partial charge on any atom is -0.479 e. The van der Waals surface area contributed by atoms with Crippen LogP contribution in [0.1, 0.15) is 6.42 Å². The first-order valence-electron chi connectivity index (χ1n) is 5.13. The van der Waals surface area contributed by atoms with E-state index in [1.165, 1.54) is 4.90 Å². The zero-order valence-corrected chi connectivity index (χ0v) is 9.51. The standard InChI is InChI=1S/C9H15N3O5/c1-11-3-2-4-12(5-7(11)13)9(16)10-17-6-8(14)15/h2-6H2,1H3,(H,10,16)(H,14,15). The zero-order valence-electron chi connectivity index (χ0n) is 9.51. The SMILES string of the molecule is CN1CCCN(C(=O)NOCC(=O)O)CC1=O. The Labute approximate surface area is 98.1 Å². The summed E-state index contributed by atoms with van der Waals surface area (Å²) in [6, 6.07) is -0.602. The smallest absolute Gasteiger partial charge is 0.341 e. The summed E-state index contributed by atoms with van der Waals surface area (Å²) in [5.41, 5.74) is 1.98. The predicted octanol–water partition coefficient (Wildman–Crippen LogP) is -1.12. The molecule has 0 aromatic heterocycles. The van der Waals surface area contributed by atoms with Crippen LogP contribution in [0.15, 0.2) is 0 Å². The van der Waals surface area contributed by atoms with Gasteiger partial charge in [-0.25, -0.2) is 15.1 Å². The Kier molecular flexibility index (Phi) is 4.70. The zero-order chi connectivity index (χ0) is 12.8. The topological polar surface area (TPSA) is 99.2 Å². The van der Waals surface area contributed by atoms with Gasteiger partial charge in [0.2, 0.25) is 5.91 Å². The number of likely N-dealkylation sites (N-methyl/N-ethyl adjacent to an activating group) is 1. The number of carboxylic acid groups (broad SMARTS) is 1. The van der Waals surface area contributed by atoms with Crippen molar-refractivity contribution in [2.45, 2.75) is 6.42 Å². The third kappa shape index (κ3) is 4.27. The number of urea groups is 1. The summed E-state index contributed by atoms with van der Waals surface area (Å²) in [5, 5.41) is 8.31. The van der Waals surface area contributed by atoms with Crippen molar-refractivity contribution >= 4 is 17.9 Å². The molecule has 0 aromatic rings. The molecule has 17 heavy (non-hydrogen) atoms. The first-order valence-corrected chi connectivity index (χ1v) is 5.13. The van der Waals surface area contributed by atoms with Crippen LogP contribution in [0.25, 0.3) is 0 Å². The van der Waals surface area contributed by atoms with Gasteiger partial charge in [0.15, 0.2) is 6.61 Å². The Hall–Kier alpha value is -1.83. The van der Waals surface area contributed by atoms with Gasteiger partial charge in [-0.05, 0) is 6.42 Å². The number of rotatable bonds is 3. The van der Waals surface area contributed by atoms with Crippen LogP contribution in [0.5, 0.6) is 0 Å². The summed E-state index contributed by atoms with van der Waals surface area (Å²) in [6.07, 6.45) is 0.675. The molecular formula is C9H15N3O5. The second-order valence-electron chi connectivity index (χ2n) is 3.68. The highest BCUT2D eigenvalue weighted by molar-refractivity contribution is 5.84. The molecule has 0 aliphatic carbocycles. The monoisotopic (exact) mass is 245 g/mol. The second kappa shape index (κ2) is 6.04. The summed E-state index contributed by atoms with van der Waals surface area (Å²) in [6.45, 7) is 0.378. The van der Waals surface area contributed by atoms with Gasteiger partial charge >= 0.3 is 12.0 Å². The fraction of sp³-hybridized carbons (Fsp3) is 0.667. The van der Waals surface area contributed by atoms with Crippen molar-refractivity contribution in [1.29, 1.82) is 0 Å². The fourth-order valence-electron chi connectivity index (χ4n) is 1.38. The van der Waals surface area contributed by atoms with Crippen molar-refractivity contribution in [3.8, 4) is 0 Å². The van der Waals surface area contributed by atoms with Crippen molar-refractivity contribution in [2.75, 3.05) is 33.3 Å². The third-order valence-corrected chi connectivity index (χ3v) is 2.32. The molecule has 96 valence electrons. The molecule has 0 saturated carbocycles. The van der Waals surface area contributed by atoms with Crippen LogP contribution >= 0.6 is 0 Å². The lowest BCUT2D eigenvalue weighted by Crippen LogP contribution is -2.44. The molecule has 8 heteroatoms. The van der Waals surface area contributed by atoms with E-state index in [0.29, 0.717) is 19.5 Å². The first kappa shape index (κ1) is 13.2. The lowest BCUT2D eigenvalue weighted by Gasteiger charge is -2.19. The van der Waals surface area contributed by atoms with E-state index >= 15 is 0 Å². The van der Waals surface area contributed by atoms with Gasteiger partial charge in [-0.1, -0.05) is 0 Å². The molecule has 1 rings (SSSR count). The highest BCUT2D eigenvalue weighted by Gasteiger charge is 2.22. The Balaban J connectivity index is 2.40. The minimum absolute atomic E-state index is 0.0290. The quantitative estimate of drug-likeness (QED) is 0.613. The second-order valence-corrected chi connectivity index (χ2v) is 3.68. The van der Waals surface area contributed by atoms with Crippen LogP contribution in [0.2, 0.25) is 0 Å². The summed E-state index contributed by atoms with van der Waals surface area (Å²) in [5.74, 6) is -1.34. The van der Waals surface area contributed by atoms with Crippen molar-refractivity contribution in [3.63, 3.8) is 0 Å². The molecule has 2 N–H and O–H groups in total. The van der Waals surface area contributed by atoms with Gasteiger partial charge in [-0.3, -0.25) is 9.63 Å². The Bertz CT molecular complexity index is 320. The Morgan fingerprint density at radius 3 is 2.82 bits per heavy atom. The maximum atomic E-state index is 11.5. The fourth-order valence-corrected chi connectivity index (χ4v) is 1.38. The lowest BCUT2D eigenvalue weighted by molar-refractivity contribution is -0.144. The average molecular weight is 245 g/mol. The summed E-state index contributed by atoms with van der Waals surface area (Å²) >= 11 is 0. The average Bonchev–Trinajstić information content (AvgIpc) is 2.41. The van der Waals surface area contributed by atoms with Crippen molar-refractivity contribution in [1.82, 2.24) is 15.3 Å². The molecule has 1 aliphatic heterocycles. The molecule has 0 atom stereocenters. The van der Waals surface area contributed by atoms with Crippen LogP contribution < -0.4 is 5.48 Å². The molecule has 0 aromatic carbocycles. The van der Waals surface area contributed by atoms with Crippen molar-refractivity contribution < 1.29 is 24.3 Å². The predicted molar refractivity (Wildman–Crippen MR) is 55.9 cm³/mol. The lowest BCUT2D eigenvalue weighted by atomic mass is 10.4. The number of aliphatic carboxylic acids is 1. The van der Waals surface area contributed by atoms with Gasteiger partial charge in [0.25, 0.3) is 0 Å². The van der Waals surface area contributed by atoms with Crippen LogP contribution in [0.4, 0.5) is 4.79 Å². The molecule has 1 heterocycles. The van der Waals surface area contributed by atoms with Gasteiger partial charge in [-0.15, -0.1) is 0 Å². The highest BCUT2D eigenvalue weighted by Crippen LogP contribution is 2.02. The van der Waals surface area contributed by atoms with E-state index in [2.05, 4.69) is 4.84 Å². The van der Waals surface area contributed by atoms with Gasteiger partial charge in [0, 0.05) is 20.1 Å². The van der Waals surface area contributed by atoms with E-state index in [-0.39, 0.29) is 12.5 Å². The number of hydrogen-bond donors (Lipinski definition) is 2. The van der Waals surface area contributed by atoms with Gasteiger partial charge in [0.1, 0.15) is 6.54 Å². The third-order valence-electron chi connectivity index (χ3n) is 2.32. The van der Waals surface area contributed by atoms with Crippen molar-refractivity contribution in [2.24, 2.45) is 0 Å². The van der Waals surface area contributed by atoms with E-state index in [0.717, 1.165) is 0 Å². The van der Waals surface area contributed by atoms with Crippen molar-refractivity contribution in [3.05, 3.63) is 0 Å². The number of carboxylic acids is 1. The van der Waals surface area contributed by atoms with E-state index in [1.54, 1.807) is 11.9 Å². The molecule has 3 amide bonds. The molecule has 0 bridgehead atoms. The number of carbonyl (C=O) groups excluding carboxylic acids is 2. The molecule has 0 spiro atoms. The number of hydroxylamine groups is 1. The van der Waals surface area contributed by atoms with Gasteiger partial charge in [-0.2, -0.15) is 0 Å². The van der Waals surface area contributed by atoms with Crippen LogP contribution in [0.3, 0.4) is 0 Å². The number of amides is 3. The Morgan fingerprint density at radius 1 is 1.47 bits per heavy atom. The van der Waals surface area contributed by atoms with Crippen LogP contribution in [-0.4, -0.2) is 66.1 Å². The summed E-state index contributed by atoms with van der Waals surface area (Å²) in [4.78, 5) is 40.4. The molecule has 1 saturated heterocycles. The molecular weight excluding hydrogens is 230 g/mol. The van der Waals surface area contributed by atoms with Crippen LogP contribution in [-0.2, 0) is 14.4 Å². The largest absolute Gasteiger partial charge is 0.479 e. The molecule has 1 aliphatic rings. The maximum absolute atomic E-state index is 11.5. The number of hydrogen-bond acceptors (Lipinski definition) is 4. The number of nitrogens with zero attached hydrogens (tertiary/aromatic N) is 2. The highest BCUT2D eigenvalue weighted by atomic mass is 16.7. The number of nitrogens with one attached hydrogen (secondary N) is 1. The van der Waals surface area contributed by atoms with E-state index in [9.17, 15) is 14.4 Å². The molecule has 0 radical (unpaired) electrons. The van der Waals surface area contributed by atoms with Crippen LogP contribution in [0, 0.1) is 0 Å². The molecule has 0 unspecified atom stereocenters. The maximum Gasteiger partial charge on any atom is 0.341 e. The van der Waals surface area contributed by atoms with E-state index in [4.69, 9.17) is 5.11 Å². The minimum atomic E-state index is -1.18. The molecule has 1 fully saturated rings. The summed E-state index contributed by atoms with van der Waals surface area (Å²) < 4.78 is 0. The summed E-state index contributed by atoms with van der Waals surface area (Å²) in [7, 11) is 1.67. The molecule has 8 nitrogen and oxygen atoms in total. The number of carbonyl (C=O) groups is 3.